The van der Waals surface area contributed by atoms with Crippen LogP contribution >= 0.6 is 0 Å². The normalized spacial score (nSPS) is 24.9. The lowest BCUT2D eigenvalue weighted by molar-refractivity contribution is 0.147. The van der Waals surface area contributed by atoms with Crippen LogP contribution in [0, 0.1) is 5.92 Å². The number of aromatic nitrogens is 2. The number of fused-ring (bicyclic) bond motifs is 2. The largest absolute Gasteiger partial charge is 0.306 e. The molecule has 1 aromatic carbocycles. The highest BCUT2D eigenvalue weighted by molar-refractivity contribution is 5.42. The maximum absolute atomic E-state index is 4.30. The Hall–Kier alpha value is -1.65. The van der Waals surface area contributed by atoms with Crippen LogP contribution in [0.25, 0.3) is 0 Å². The second-order valence-corrected chi connectivity index (χ2v) is 8.77. The van der Waals surface area contributed by atoms with Gasteiger partial charge >= 0.3 is 0 Å². The first kappa shape index (κ1) is 16.5. The molecule has 1 atom stereocenters. The van der Waals surface area contributed by atoms with E-state index in [4.69, 9.17) is 0 Å². The van der Waals surface area contributed by atoms with Gasteiger partial charge < -0.3 is 10.2 Å². The minimum absolute atomic E-state index is 0.392. The number of aryl methyl sites for hydroxylation is 1. The predicted molar refractivity (Wildman–Crippen MR) is 104 cm³/mol. The summed E-state index contributed by atoms with van der Waals surface area (Å²) in [5, 5.41) is 8.12. The molecular formula is C22H30N4. The van der Waals surface area contributed by atoms with E-state index in [-0.39, 0.29) is 0 Å². The smallest absolute Gasteiger partial charge is 0.0534 e. The highest BCUT2D eigenvalue weighted by Crippen LogP contribution is 2.51. The molecule has 1 spiro atoms. The number of likely N-dealkylation sites (tertiary alicyclic amines) is 1. The van der Waals surface area contributed by atoms with Crippen molar-refractivity contribution in [1.82, 2.24) is 20.0 Å². The SMILES string of the molecule is Cn1cc(CN[C@H]2CC3(CCN(CC4CC4)CC3)c3ccccc32)cn1. The third-order valence-electron chi connectivity index (χ3n) is 6.84. The van der Waals surface area contributed by atoms with Crippen LogP contribution < -0.4 is 5.32 Å². The Morgan fingerprint density at radius 3 is 2.73 bits per heavy atom. The van der Waals surface area contributed by atoms with E-state index in [1.165, 1.54) is 62.9 Å². The van der Waals surface area contributed by atoms with Gasteiger partial charge in [0.05, 0.1) is 6.20 Å². The molecule has 2 aromatic rings. The number of piperidine rings is 1. The van der Waals surface area contributed by atoms with Gasteiger partial charge in [-0.25, -0.2) is 0 Å². The zero-order chi connectivity index (χ0) is 17.6. The Labute approximate surface area is 156 Å². The van der Waals surface area contributed by atoms with Gasteiger partial charge in [0, 0.05) is 37.9 Å². The van der Waals surface area contributed by atoms with Gasteiger partial charge in [0.25, 0.3) is 0 Å². The summed E-state index contributed by atoms with van der Waals surface area (Å²) < 4.78 is 1.89. The fraction of sp³-hybridized carbons (Fsp3) is 0.591. The van der Waals surface area contributed by atoms with Crippen molar-refractivity contribution >= 4 is 0 Å². The Morgan fingerprint density at radius 2 is 2.00 bits per heavy atom. The topological polar surface area (TPSA) is 33.1 Å². The summed E-state index contributed by atoms with van der Waals surface area (Å²) in [6, 6.07) is 9.67. The molecule has 4 nitrogen and oxygen atoms in total. The average Bonchev–Trinajstić information content (AvgIpc) is 3.30. The van der Waals surface area contributed by atoms with E-state index in [9.17, 15) is 0 Å². The first-order valence-corrected chi connectivity index (χ1v) is 10.2. The number of rotatable bonds is 5. The number of nitrogens with zero attached hydrogens (tertiary/aromatic N) is 3. The molecule has 0 radical (unpaired) electrons. The molecule has 26 heavy (non-hydrogen) atoms. The second kappa shape index (κ2) is 6.50. The molecule has 1 N–H and O–H groups in total. The molecule has 0 unspecified atom stereocenters. The molecule has 1 saturated carbocycles. The maximum Gasteiger partial charge on any atom is 0.0534 e. The van der Waals surface area contributed by atoms with Gasteiger partial charge in [0.1, 0.15) is 0 Å². The van der Waals surface area contributed by atoms with E-state index >= 15 is 0 Å². The fourth-order valence-electron chi connectivity index (χ4n) is 5.18. The minimum Gasteiger partial charge on any atom is -0.306 e. The minimum atomic E-state index is 0.392. The predicted octanol–water partition coefficient (Wildman–Crippen LogP) is 3.40. The first-order valence-electron chi connectivity index (χ1n) is 10.2. The molecule has 0 amide bonds. The van der Waals surface area contributed by atoms with Crippen LogP contribution in [0.3, 0.4) is 0 Å². The van der Waals surface area contributed by atoms with Crippen molar-refractivity contribution in [2.75, 3.05) is 19.6 Å². The summed E-state index contributed by atoms with van der Waals surface area (Å²) in [5.74, 6) is 1.01. The van der Waals surface area contributed by atoms with Crippen LogP contribution in [0.15, 0.2) is 36.7 Å². The summed E-state index contributed by atoms with van der Waals surface area (Å²) >= 11 is 0. The zero-order valence-corrected chi connectivity index (χ0v) is 15.8. The molecule has 0 bridgehead atoms. The van der Waals surface area contributed by atoms with E-state index in [0.717, 1.165) is 12.5 Å². The summed E-state index contributed by atoms with van der Waals surface area (Å²) in [6.45, 7) is 4.80. The molecule has 2 heterocycles. The van der Waals surface area contributed by atoms with Crippen molar-refractivity contribution in [3.05, 3.63) is 53.3 Å². The highest BCUT2D eigenvalue weighted by Gasteiger charge is 2.45. The van der Waals surface area contributed by atoms with E-state index in [2.05, 4.69) is 45.8 Å². The Kier molecular flexibility index (Phi) is 4.13. The van der Waals surface area contributed by atoms with Gasteiger partial charge in [-0.2, -0.15) is 5.10 Å². The molecule has 1 aromatic heterocycles. The molecule has 3 aliphatic rings. The van der Waals surface area contributed by atoms with Gasteiger partial charge in [-0.05, 0) is 67.7 Å². The van der Waals surface area contributed by atoms with Gasteiger partial charge in [-0.3, -0.25) is 4.68 Å². The third kappa shape index (κ3) is 3.10. The van der Waals surface area contributed by atoms with Crippen molar-refractivity contribution in [3.63, 3.8) is 0 Å². The van der Waals surface area contributed by atoms with Crippen molar-refractivity contribution in [2.24, 2.45) is 13.0 Å². The lowest BCUT2D eigenvalue weighted by Gasteiger charge is -2.40. The summed E-state index contributed by atoms with van der Waals surface area (Å²) in [7, 11) is 1.98. The molecular weight excluding hydrogens is 320 g/mol. The van der Waals surface area contributed by atoms with Crippen LogP contribution in [0.2, 0.25) is 0 Å². The number of nitrogens with one attached hydrogen (secondary N) is 1. The van der Waals surface area contributed by atoms with Crippen molar-refractivity contribution in [3.8, 4) is 0 Å². The van der Waals surface area contributed by atoms with Crippen molar-refractivity contribution in [2.45, 2.75) is 50.1 Å². The molecule has 1 saturated heterocycles. The number of benzene rings is 1. The van der Waals surface area contributed by atoms with Crippen LogP contribution in [0.1, 0.15) is 54.8 Å². The highest BCUT2D eigenvalue weighted by atomic mass is 15.2. The molecule has 138 valence electrons. The summed E-state index contributed by atoms with van der Waals surface area (Å²) in [6.07, 6.45) is 10.9. The quantitative estimate of drug-likeness (QED) is 0.897. The zero-order valence-electron chi connectivity index (χ0n) is 15.8. The Balaban J connectivity index is 1.30. The van der Waals surface area contributed by atoms with Crippen LogP contribution in [0.5, 0.6) is 0 Å². The van der Waals surface area contributed by atoms with Crippen molar-refractivity contribution in [1.29, 1.82) is 0 Å². The molecule has 1 aliphatic heterocycles. The number of hydrogen-bond donors (Lipinski definition) is 1. The number of hydrogen-bond acceptors (Lipinski definition) is 3. The third-order valence-corrected chi connectivity index (χ3v) is 6.84. The average molecular weight is 351 g/mol. The van der Waals surface area contributed by atoms with Crippen LogP contribution in [-0.4, -0.2) is 34.3 Å². The summed E-state index contributed by atoms with van der Waals surface area (Å²) in [4.78, 5) is 2.72. The molecule has 4 heteroatoms. The monoisotopic (exact) mass is 350 g/mol. The second-order valence-electron chi connectivity index (χ2n) is 8.77. The fourth-order valence-corrected chi connectivity index (χ4v) is 5.18. The van der Waals surface area contributed by atoms with Crippen LogP contribution in [-0.2, 0) is 19.0 Å². The molecule has 2 fully saturated rings. The lowest BCUT2D eigenvalue weighted by Crippen LogP contribution is -2.42. The summed E-state index contributed by atoms with van der Waals surface area (Å²) in [5.41, 5.74) is 4.82. The van der Waals surface area contributed by atoms with Crippen molar-refractivity contribution < 1.29 is 0 Å². The van der Waals surface area contributed by atoms with E-state index in [1.807, 2.05) is 17.9 Å². The van der Waals surface area contributed by atoms with Gasteiger partial charge in [0.15, 0.2) is 0 Å². The van der Waals surface area contributed by atoms with E-state index in [0.29, 0.717) is 11.5 Å². The molecule has 5 rings (SSSR count). The van der Waals surface area contributed by atoms with E-state index in [1.54, 1.807) is 5.56 Å². The van der Waals surface area contributed by atoms with Crippen LogP contribution in [0.4, 0.5) is 0 Å². The standard InChI is InChI=1S/C22H30N4/c1-25-15-18(14-24-25)13-23-21-12-22(20-5-3-2-4-19(20)21)8-10-26(11-9-22)16-17-6-7-17/h2-5,14-15,17,21,23H,6-13,16H2,1H3/t21-/m0/s1. The maximum atomic E-state index is 4.30. The van der Waals surface area contributed by atoms with Gasteiger partial charge in [0.2, 0.25) is 0 Å². The van der Waals surface area contributed by atoms with Gasteiger partial charge in [-0.15, -0.1) is 0 Å². The Morgan fingerprint density at radius 1 is 1.19 bits per heavy atom. The van der Waals surface area contributed by atoms with Gasteiger partial charge in [-0.1, -0.05) is 24.3 Å². The first-order chi connectivity index (χ1) is 12.7. The van der Waals surface area contributed by atoms with E-state index < -0.39 is 0 Å². The molecule has 2 aliphatic carbocycles. The Bertz CT molecular complexity index is 768. The lowest BCUT2D eigenvalue weighted by atomic mass is 9.73.